The number of aliphatic hydroxyl groups is 2. The SMILES string of the molecule is OCCOc1cc(C23CC4CC(CC(C4)C2)C3)c2c(OCCO)c(C34CC5CC(CC(C5)C3)C4)ccc2c1. The Hall–Kier alpha value is -1.78. The Labute approximate surface area is 227 Å². The van der Waals surface area contributed by atoms with E-state index in [1.54, 1.807) is 0 Å². The van der Waals surface area contributed by atoms with E-state index in [1.165, 1.54) is 98.9 Å². The third-order valence-electron chi connectivity index (χ3n) is 12.0. The first-order valence-corrected chi connectivity index (χ1v) is 15.7. The number of rotatable bonds is 8. The fourth-order valence-electron chi connectivity index (χ4n) is 11.7. The molecule has 204 valence electrons. The lowest BCUT2D eigenvalue weighted by molar-refractivity contribution is -0.00691. The Balaban J connectivity index is 1.34. The van der Waals surface area contributed by atoms with Crippen LogP contribution in [0.1, 0.15) is 88.2 Å². The minimum atomic E-state index is 0.0283. The van der Waals surface area contributed by atoms with Crippen LogP contribution < -0.4 is 9.47 Å². The Bertz CT molecular complexity index is 1160. The molecule has 8 saturated carbocycles. The second-order valence-corrected chi connectivity index (χ2v) is 14.6. The van der Waals surface area contributed by atoms with E-state index in [2.05, 4.69) is 24.3 Å². The monoisotopic (exact) mass is 516 g/mol. The minimum Gasteiger partial charge on any atom is -0.491 e. The summed E-state index contributed by atoms with van der Waals surface area (Å²) >= 11 is 0. The number of fused-ring (bicyclic) bond motifs is 1. The molecule has 0 aliphatic heterocycles. The van der Waals surface area contributed by atoms with Crippen LogP contribution in [0.5, 0.6) is 11.5 Å². The zero-order valence-corrected chi connectivity index (χ0v) is 22.8. The van der Waals surface area contributed by atoms with Gasteiger partial charge in [-0.3, -0.25) is 0 Å². The fourth-order valence-corrected chi connectivity index (χ4v) is 11.7. The summed E-state index contributed by atoms with van der Waals surface area (Å²) in [6.45, 7) is 0.744. The number of hydrogen-bond acceptors (Lipinski definition) is 4. The van der Waals surface area contributed by atoms with E-state index in [0.29, 0.717) is 13.2 Å². The maximum absolute atomic E-state index is 9.90. The average Bonchev–Trinajstić information content (AvgIpc) is 2.88. The van der Waals surface area contributed by atoms with E-state index in [1.807, 2.05) is 0 Å². The lowest BCUT2D eigenvalue weighted by Gasteiger charge is -2.58. The van der Waals surface area contributed by atoms with Gasteiger partial charge in [-0.2, -0.15) is 0 Å². The summed E-state index contributed by atoms with van der Waals surface area (Å²) in [6, 6.07) is 9.25. The van der Waals surface area contributed by atoms with E-state index in [0.717, 1.165) is 47.0 Å². The average molecular weight is 517 g/mol. The van der Waals surface area contributed by atoms with E-state index in [9.17, 15) is 10.2 Å². The van der Waals surface area contributed by atoms with Crippen molar-refractivity contribution in [3.8, 4) is 11.5 Å². The first-order valence-electron chi connectivity index (χ1n) is 15.7. The molecule has 2 N–H and O–H groups in total. The van der Waals surface area contributed by atoms with Crippen LogP contribution in [0.25, 0.3) is 10.8 Å². The zero-order valence-electron chi connectivity index (χ0n) is 22.8. The third kappa shape index (κ3) is 3.69. The van der Waals surface area contributed by atoms with Gasteiger partial charge < -0.3 is 19.7 Å². The minimum absolute atomic E-state index is 0.0283. The van der Waals surface area contributed by atoms with Crippen LogP contribution in [0.4, 0.5) is 0 Å². The summed E-state index contributed by atoms with van der Waals surface area (Å²) in [5.41, 5.74) is 3.32. The first-order chi connectivity index (χ1) is 18.6. The number of ether oxygens (including phenoxy) is 2. The summed E-state index contributed by atoms with van der Waals surface area (Å²) in [5, 5.41) is 21.9. The lowest BCUT2D eigenvalue weighted by Crippen LogP contribution is -2.49. The van der Waals surface area contributed by atoms with Crippen molar-refractivity contribution in [2.45, 2.75) is 87.9 Å². The van der Waals surface area contributed by atoms with Gasteiger partial charge in [-0.15, -0.1) is 0 Å². The van der Waals surface area contributed by atoms with Gasteiger partial charge in [-0.05, 0) is 146 Å². The number of benzene rings is 2. The summed E-state index contributed by atoms with van der Waals surface area (Å²) in [4.78, 5) is 0. The molecule has 8 aliphatic carbocycles. The van der Waals surface area contributed by atoms with Crippen LogP contribution in [0, 0.1) is 35.5 Å². The van der Waals surface area contributed by atoms with E-state index in [-0.39, 0.29) is 24.0 Å². The van der Waals surface area contributed by atoms with Gasteiger partial charge in [-0.1, -0.05) is 12.1 Å². The summed E-state index contributed by atoms with van der Waals surface area (Å²) < 4.78 is 12.8. The van der Waals surface area contributed by atoms with Gasteiger partial charge in [-0.25, -0.2) is 0 Å². The quantitative estimate of drug-likeness (QED) is 0.420. The standard InChI is InChI=1S/C34H44O4/c35-3-5-37-28-13-27-1-2-29(33-15-21-7-22(16-33)9-23(8-21)17-33)32(38-6-4-36)31(27)30(14-28)34-18-24-10-25(19-34)12-26(11-24)20-34/h1-2,13-14,21-26,35-36H,3-12,15-20H2. The van der Waals surface area contributed by atoms with Gasteiger partial charge in [0.25, 0.3) is 0 Å². The normalized spacial score (nSPS) is 40.3. The van der Waals surface area contributed by atoms with Crippen LogP contribution >= 0.6 is 0 Å². The second-order valence-electron chi connectivity index (χ2n) is 14.6. The first kappa shape index (κ1) is 24.1. The predicted molar refractivity (Wildman–Crippen MR) is 149 cm³/mol. The number of hydrogen-bond donors (Lipinski definition) is 2. The van der Waals surface area contributed by atoms with Crippen molar-refractivity contribution in [3.05, 3.63) is 35.4 Å². The molecule has 10 rings (SSSR count). The summed E-state index contributed by atoms with van der Waals surface area (Å²) in [5.74, 6) is 7.15. The number of aliphatic hydroxyl groups excluding tert-OH is 2. The Morgan fingerprint density at radius 2 is 1.08 bits per heavy atom. The highest BCUT2D eigenvalue weighted by Gasteiger charge is 2.54. The molecular weight excluding hydrogens is 472 g/mol. The van der Waals surface area contributed by atoms with Crippen molar-refractivity contribution >= 4 is 10.8 Å². The molecule has 2 aromatic rings. The molecule has 8 fully saturated rings. The van der Waals surface area contributed by atoms with Gasteiger partial charge >= 0.3 is 0 Å². The van der Waals surface area contributed by atoms with Crippen LogP contribution in [0.2, 0.25) is 0 Å². The van der Waals surface area contributed by atoms with Crippen molar-refractivity contribution in [3.63, 3.8) is 0 Å². The third-order valence-corrected chi connectivity index (χ3v) is 12.0. The molecule has 0 saturated heterocycles. The molecule has 2 aromatic carbocycles. The molecule has 0 radical (unpaired) electrons. The van der Waals surface area contributed by atoms with E-state index >= 15 is 0 Å². The zero-order chi connectivity index (χ0) is 25.5. The molecule has 4 nitrogen and oxygen atoms in total. The Kier molecular flexibility index (Phi) is 5.61. The second kappa shape index (κ2) is 8.86. The van der Waals surface area contributed by atoms with Crippen LogP contribution in [0.3, 0.4) is 0 Å². The van der Waals surface area contributed by atoms with Crippen molar-refractivity contribution in [1.29, 1.82) is 0 Å². The maximum atomic E-state index is 9.90. The molecule has 0 unspecified atom stereocenters. The molecule has 0 aromatic heterocycles. The summed E-state index contributed by atoms with van der Waals surface area (Å²) in [7, 11) is 0. The van der Waals surface area contributed by atoms with Gasteiger partial charge in [0, 0.05) is 10.9 Å². The fraction of sp³-hybridized carbons (Fsp3) is 0.706. The molecule has 4 heteroatoms. The Morgan fingerprint density at radius 3 is 1.58 bits per heavy atom. The van der Waals surface area contributed by atoms with Gasteiger partial charge in [0.05, 0.1) is 13.2 Å². The molecule has 0 spiro atoms. The highest BCUT2D eigenvalue weighted by Crippen LogP contribution is 2.65. The molecular formula is C34H44O4. The molecule has 0 atom stereocenters. The highest BCUT2D eigenvalue weighted by atomic mass is 16.5. The maximum Gasteiger partial charge on any atom is 0.131 e. The molecule has 38 heavy (non-hydrogen) atoms. The molecule has 8 bridgehead atoms. The highest BCUT2D eigenvalue weighted by molar-refractivity contribution is 5.95. The predicted octanol–water partition coefficient (Wildman–Crippen LogP) is 6.52. The molecule has 0 heterocycles. The van der Waals surface area contributed by atoms with Crippen LogP contribution in [-0.2, 0) is 10.8 Å². The van der Waals surface area contributed by atoms with Gasteiger partial charge in [0.15, 0.2) is 0 Å². The van der Waals surface area contributed by atoms with Crippen LogP contribution in [-0.4, -0.2) is 36.6 Å². The largest absolute Gasteiger partial charge is 0.491 e. The van der Waals surface area contributed by atoms with Crippen molar-refractivity contribution < 1.29 is 19.7 Å². The smallest absolute Gasteiger partial charge is 0.131 e. The summed E-state index contributed by atoms with van der Waals surface area (Å²) in [6.07, 6.45) is 16.4. The lowest BCUT2D eigenvalue weighted by atomic mass is 9.47. The van der Waals surface area contributed by atoms with Crippen LogP contribution in [0.15, 0.2) is 24.3 Å². The van der Waals surface area contributed by atoms with Crippen molar-refractivity contribution in [1.82, 2.24) is 0 Å². The van der Waals surface area contributed by atoms with E-state index in [4.69, 9.17) is 9.47 Å². The topological polar surface area (TPSA) is 58.9 Å². The Morgan fingerprint density at radius 1 is 0.605 bits per heavy atom. The van der Waals surface area contributed by atoms with Gasteiger partial charge in [0.2, 0.25) is 0 Å². The van der Waals surface area contributed by atoms with Crippen molar-refractivity contribution in [2.75, 3.05) is 26.4 Å². The van der Waals surface area contributed by atoms with E-state index < -0.39 is 0 Å². The van der Waals surface area contributed by atoms with Gasteiger partial charge in [0.1, 0.15) is 24.7 Å². The van der Waals surface area contributed by atoms with Crippen molar-refractivity contribution in [2.24, 2.45) is 35.5 Å². The molecule has 8 aliphatic rings. The molecule has 0 amide bonds.